The number of aliphatic imine (C=N–C) groups is 1. The second kappa shape index (κ2) is 11.2. The normalized spacial score (nSPS) is 19.8. The number of hydrogen-bond acceptors (Lipinski definition) is 9. The van der Waals surface area contributed by atoms with Crippen molar-refractivity contribution in [1.82, 2.24) is 10.2 Å². The number of methoxy groups -OCH3 is 3. The van der Waals surface area contributed by atoms with Crippen LogP contribution in [0.3, 0.4) is 0 Å². The summed E-state index contributed by atoms with van der Waals surface area (Å²) in [6, 6.07) is 12.5. The van der Waals surface area contributed by atoms with Crippen molar-refractivity contribution in [3.8, 4) is 17.2 Å². The molecule has 2 heterocycles. The lowest BCUT2D eigenvalue weighted by Crippen LogP contribution is -2.57. The van der Waals surface area contributed by atoms with E-state index in [9.17, 15) is 9.59 Å². The molecule has 1 N–H and O–H groups in total. The zero-order valence-corrected chi connectivity index (χ0v) is 21.0. The van der Waals surface area contributed by atoms with Gasteiger partial charge in [-0.2, -0.15) is 0 Å². The number of nitrogens with one attached hydrogen (secondary N) is 1. The van der Waals surface area contributed by atoms with Gasteiger partial charge in [-0.25, -0.2) is 4.99 Å². The van der Waals surface area contributed by atoms with Crippen LogP contribution in [0.25, 0.3) is 0 Å². The smallest absolute Gasteiger partial charge is 0.321 e. The second-order valence-electron chi connectivity index (χ2n) is 8.41. The summed E-state index contributed by atoms with van der Waals surface area (Å²) in [6.07, 6.45) is 0. The highest BCUT2D eigenvalue weighted by Crippen LogP contribution is 2.36. The Morgan fingerprint density at radius 2 is 1.69 bits per heavy atom. The molecule has 0 aromatic heterocycles. The SMILES string of the molecule is CCOC(=O)[C@H]1C(=O)NC(N2CCN(c3cccc(OC)c3)CC2)=N[C@@H]1c1ccc(OC)c(OC)c1. The average Bonchev–Trinajstić information content (AvgIpc) is 2.92. The Balaban J connectivity index is 1.59. The molecule has 10 heteroatoms. The molecule has 0 saturated carbocycles. The Hall–Kier alpha value is -3.95. The predicted octanol–water partition coefficient (Wildman–Crippen LogP) is 2.24. The van der Waals surface area contributed by atoms with E-state index >= 15 is 0 Å². The Bertz CT molecular complexity index is 1130. The Morgan fingerprint density at radius 1 is 0.972 bits per heavy atom. The van der Waals surface area contributed by atoms with Crippen molar-refractivity contribution in [2.24, 2.45) is 10.9 Å². The third kappa shape index (κ3) is 5.17. The number of nitrogens with zero attached hydrogens (tertiary/aromatic N) is 3. The lowest BCUT2D eigenvalue weighted by molar-refractivity contribution is -0.153. The summed E-state index contributed by atoms with van der Waals surface area (Å²) >= 11 is 0. The Kier molecular flexibility index (Phi) is 7.82. The highest BCUT2D eigenvalue weighted by atomic mass is 16.5. The maximum absolute atomic E-state index is 13.2. The van der Waals surface area contributed by atoms with Gasteiger partial charge in [-0.1, -0.05) is 12.1 Å². The van der Waals surface area contributed by atoms with Crippen LogP contribution in [0.2, 0.25) is 0 Å². The van der Waals surface area contributed by atoms with Crippen LogP contribution in [0.4, 0.5) is 5.69 Å². The minimum absolute atomic E-state index is 0.171. The van der Waals surface area contributed by atoms with Crippen LogP contribution in [-0.2, 0) is 14.3 Å². The van der Waals surface area contributed by atoms with Crippen molar-refractivity contribution < 1.29 is 28.5 Å². The van der Waals surface area contributed by atoms with Crippen molar-refractivity contribution >= 4 is 23.5 Å². The van der Waals surface area contributed by atoms with Crippen LogP contribution in [0.15, 0.2) is 47.5 Å². The summed E-state index contributed by atoms with van der Waals surface area (Å²) < 4.78 is 21.3. The number of rotatable bonds is 7. The van der Waals surface area contributed by atoms with Crippen LogP contribution in [0.5, 0.6) is 17.2 Å². The Labute approximate surface area is 210 Å². The first-order valence-electron chi connectivity index (χ1n) is 11.9. The van der Waals surface area contributed by atoms with E-state index in [0.717, 1.165) is 24.5 Å². The van der Waals surface area contributed by atoms with Gasteiger partial charge in [0.05, 0.1) is 27.9 Å². The van der Waals surface area contributed by atoms with Gasteiger partial charge < -0.3 is 28.7 Å². The third-order valence-corrected chi connectivity index (χ3v) is 6.38. The Morgan fingerprint density at radius 3 is 2.36 bits per heavy atom. The van der Waals surface area contributed by atoms with Gasteiger partial charge >= 0.3 is 5.97 Å². The molecule has 1 saturated heterocycles. The number of carbonyl (C=O) groups excluding carboxylic acids is 2. The van der Waals surface area contributed by atoms with Crippen LogP contribution in [0.1, 0.15) is 18.5 Å². The fourth-order valence-electron chi connectivity index (χ4n) is 4.49. The molecule has 2 aromatic rings. The second-order valence-corrected chi connectivity index (χ2v) is 8.41. The van der Waals surface area contributed by atoms with E-state index in [1.165, 1.54) is 7.11 Å². The summed E-state index contributed by atoms with van der Waals surface area (Å²) in [5, 5.41) is 2.84. The van der Waals surface area contributed by atoms with E-state index < -0.39 is 23.8 Å². The molecule has 1 amide bonds. The molecular formula is C26H32N4O6. The minimum atomic E-state index is -1.11. The number of anilines is 1. The molecule has 1 fully saturated rings. The molecule has 0 unspecified atom stereocenters. The average molecular weight is 497 g/mol. The number of hydrogen-bond donors (Lipinski definition) is 1. The molecular weight excluding hydrogens is 464 g/mol. The summed E-state index contributed by atoms with van der Waals surface area (Å²) in [6.45, 7) is 4.66. The van der Waals surface area contributed by atoms with Crippen LogP contribution < -0.4 is 24.4 Å². The van der Waals surface area contributed by atoms with Gasteiger partial charge in [-0.05, 0) is 36.8 Å². The molecule has 0 spiro atoms. The predicted molar refractivity (Wildman–Crippen MR) is 135 cm³/mol. The molecule has 2 aromatic carbocycles. The van der Waals surface area contributed by atoms with Crippen LogP contribution >= 0.6 is 0 Å². The summed E-state index contributed by atoms with van der Waals surface area (Å²) in [4.78, 5) is 35.1. The van der Waals surface area contributed by atoms with E-state index in [0.29, 0.717) is 36.1 Å². The van der Waals surface area contributed by atoms with E-state index in [2.05, 4.69) is 16.3 Å². The number of carbonyl (C=O) groups is 2. The largest absolute Gasteiger partial charge is 0.497 e. The van der Waals surface area contributed by atoms with Gasteiger partial charge in [0.15, 0.2) is 17.4 Å². The monoisotopic (exact) mass is 496 g/mol. The van der Waals surface area contributed by atoms with E-state index in [4.69, 9.17) is 23.9 Å². The van der Waals surface area contributed by atoms with Crippen molar-refractivity contribution in [2.75, 3.05) is 59.0 Å². The highest BCUT2D eigenvalue weighted by molar-refractivity contribution is 6.08. The van der Waals surface area contributed by atoms with Crippen molar-refractivity contribution in [3.63, 3.8) is 0 Å². The van der Waals surface area contributed by atoms with Crippen LogP contribution in [0, 0.1) is 5.92 Å². The number of ether oxygens (including phenoxy) is 4. The maximum Gasteiger partial charge on any atom is 0.321 e. The topological polar surface area (TPSA) is 102 Å². The molecule has 10 nitrogen and oxygen atoms in total. The van der Waals surface area contributed by atoms with Crippen molar-refractivity contribution in [2.45, 2.75) is 13.0 Å². The molecule has 2 atom stereocenters. The number of benzene rings is 2. The minimum Gasteiger partial charge on any atom is -0.497 e. The molecule has 4 rings (SSSR count). The molecule has 2 aliphatic rings. The first-order valence-corrected chi connectivity index (χ1v) is 11.9. The van der Waals surface area contributed by atoms with Crippen molar-refractivity contribution in [3.05, 3.63) is 48.0 Å². The number of piperazine rings is 1. The lowest BCUT2D eigenvalue weighted by atomic mass is 9.91. The standard InChI is InChI=1S/C26H32N4O6/c1-5-36-25(32)22-23(17-9-10-20(34-3)21(15-17)35-4)27-26(28-24(22)31)30-13-11-29(12-14-30)18-7-6-8-19(16-18)33-2/h6-10,15-16,22-23H,5,11-14H2,1-4H3,(H,27,28,31)/t22-,23-/m1/s1. The fourth-order valence-corrected chi connectivity index (χ4v) is 4.49. The molecule has 0 bridgehead atoms. The van der Waals surface area contributed by atoms with Gasteiger partial charge in [0.25, 0.3) is 0 Å². The fraction of sp³-hybridized carbons (Fsp3) is 0.423. The summed E-state index contributed by atoms with van der Waals surface area (Å²) in [5.74, 6) is 0.144. The quantitative estimate of drug-likeness (QED) is 0.460. The van der Waals surface area contributed by atoms with E-state index in [1.807, 2.05) is 23.1 Å². The van der Waals surface area contributed by atoms with Gasteiger partial charge in [0, 0.05) is 37.9 Å². The number of amides is 1. The lowest BCUT2D eigenvalue weighted by Gasteiger charge is -2.39. The third-order valence-electron chi connectivity index (χ3n) is 6.38. The van der Waals surface area contributed by atoms with E-state index in [-0.39, 0.29) is 6.61 Å². The number of esters is 1. The highest BCUT2D eigenvalue weighted by Gasteiger charge is 2.42. The summed E-state index contributed by atoms with van der Waals surface area (Å²) in [5.41, 5.74) is 1.74. The first kappa shape index (κ1) is 25.2. The summed E-state index contributed by atoms with van der Waals surface area (Å²) in [7, 11) is 4.74. The van der Waals surface area contributed by atoms with E-state index in [1.54, 1.807) is 39.3 Å². The van der Waals surface area contributed by atoms with Crippen LogP contribution in [-0.4, -0.2) is 76.9 Å². The molecule has 36 heavy (non-hydrogen) atoms. The zero-order chi connectivity index (χ0) is 25.7. The first-order chi connectivity index (χ1) is 17.5. The zero-order valence-electron chi connectivity index (χ0n) is 21.0. The van der Waals surface area contributed by atoms with Gasteiger partial charge in [-0.3, -0.25) is 14.9 Å². The van der Waals surface area contributed by atoms with Gasteiger partial charge in [-0.15, -0.1) is 0 Å². The van der Waals surface area contributed by atoms with Gasteiger partial charge in [0.1, 0.15) is 11.8 Å². The molecule has 192 valence electrons. The number of guanidine groups is 1. The molecule has 0 aliphatic carbocycles. The molecule has 0 radical (unpaired) electrons. The molecule has 2 aliphatic heterocycles. The maximum atomic E-state index is 13.2. The van der Waals surface area contributed by atoms with Gasteiger partial charge in [0.2, 0.25) is 11.9 Å². The van der Waals surface area contributed by atoms with Crippen molar-refractivity contribution in [1.29, 1.82) is 0 Å².